The van der Waals surface area contributed by atoms with Gasteiger partial charge < -0.3 is 0 Å². The molecule has 0 N–H and O–H groups in total. The molecule has 1 aromatic carbocycles. The number of aryl methyl sites for hydroxylation is 1. The quantitative estimate of drug-likeness (QED) is 0.685. The second-order valence-electron chi connectivity index (χ2n) is 3.67. The van der Waals surface area contributed by atoms with Crippen molar-refractivity contribution < 1.29 is 0 Å². The molecular weight excluding hydrogens is 158 g/mol. The molecule has 66 valence electrons. The van der Waals surface area contributed by atoms with Crippen molar-refractivity contribution in [2.75, 3.05) is 0 Å². The summed E-state index contributed by atoms with van der Waals surface area (Å²) in [6.45, 7) is 0. The van der Waals surface area contributed by atoms with Gasteiger partial charge in [-0.25, -0.2) is 0 Å². The van der Waals surface area contributed by atoms with Crippen molar-refractivity contribution in [3.05, 3.63) is 35.4 Å². The number of hydrogen-bond acceptors (Lipinski definition) is 1. The Morgan fingerprint density at radius 1 is 1.23 bits per heavy atom. The zero-order valence-electron chi connectivity index (χ0n) is 7.66. The van der Waals surface area contributed by atoms with Crippen LogP contribution in [-0.4, -0.2) is 0 Å². The van der Waals surface area contributed by atoms with Crippen molar-refractivity contribution >= 4 is 0 Å². The van der Waals surface area contributed by atoms with Gasteiger partial charge in [0.15, 0.2) is 0 Å². The lowest BCUT2D eigenvalue weighted by atomic mass is 10.1. The summed E-state index contributed by atoms with van der Waals surface area (Å²) in [5, 5.41) is 8.43. The monoisotopic (exact) mass is 171 g/mol. The molecule has 0 spiro atoms. The number of benzene rings is 1. The Balaban J connectivity index is 2.01. The molecule has 0 saturated heterocycles. The van der Waals surface area contributed by atoms with Crippen molar-refractivity contribution in [3.63, 3.8) is 0 Å². The first kappa shape index (κ1) is 8.31. The maximum absolute atomic E-state index is 8.43. The van der Waals surface area contributed by atoms with Gasteiger partial charge in [0.05, 0.1) is 6.07 Å². The molecule has 1 aromatic rings. The molecule has 1 nitrogen and oxygen atoms in total. The average molecular weight is 171 g/mol. The molecule has 13 heavy (non-hydrogen) atoms. The SMILES string of the molecule is N#CCCc1ccc(C2CC2)cc1. The summed E-state index contributed by atoms with van der Waals surface area (Å²) in [6, 6.07) is 10.9. The van der Waals surface area contributed by atoms with E-state index >= 15 is 0 Å². The number of nitriles is 1. The van der Waals surface area contributed by atoms with Gasteiger partial charge in [0, 0.05) is 6.42 Å². The normalized spacial score (nSPS) is 15.3. The fourth-order valence-corrected chi connectivity index (χ4v) is 1.57. The van der Waals surface area contributed by atoms with E-state index in [4.69, 9.17) is 5.26 Å². The first-order valence-electron chi connectivity index (χ1n) is 4.86. The lowest BCUT2D eigenvalue weighted by Crippen LogP contribution is -1.85. The van der Waals surface area contributed by atoms with E-state index in [1.165, 1.54) is 24.0 Å². The summed E-state index contributed by atoms with van der Waals surface area (Å²) in [5.74, 6) is 0.838. The zero-order chi connectivity index (χ0) is 9.10. The van der Waals surface area contributed by atoms with Crippen molar-refractivity contribution in [3.8, 4) is 6.07 Å². The largest absolute Gasteiger partial charge is 0.198 e. The van der Waals surface area contributed by atoms with Crippen LogP contribution in [0.25, 0.3) is 0 Å². The molecule has 0 amide bonds. The smallest absolute Gasteiger partial charge is 0.0625 e. The van der Waals surface area contributed by atoms with E-state index in [9.17, 15) is 0 Å². The maximum atomic E-state index is 8.43. The molecule has 0 aromatic heterocycles. The van der Waals surface area contributed by atoms with Crippen LogP contribution >= 0.6 is 0 Å². The summed E-state index contributed by atoms with van der Waals surface area (Å²) in [7, 11) is 0. The van der Waals surface area contributed by atoms with E-state index in [2.05, 4.69) is 30.3 Å². The van der Waals surface area contributed by atoms with Crippen molar-refractivity contribution in [1.82, 2.24) is 0 Å². The molecule has 1 fully saturated rings. The molecule has 1 heteroatoms. The Bertz CT molecular complexity index is 314. The van der Waals surface area contributed by atoms with Crippen LogP contribution in [0.3, 0.4) is 0 Å². The van der Waals surface area contributed by atoms with Gasteiger partial charge in [0.2, 0.25) is 0 Å². The lowest BCUT2D eigenvalue weighted by Gasteiger charge is -2.00. The highest BCUT2D eigenvalue weighted by atomic mass is 14.3. The predicted octanol–water partition coefficient (Wildman–Crippen LogP) is 3.02. The van der Waals surface area contributed by atoms with E-state index in [0.29, 0.717) is 6.42 Å². The van der Waals surface area contributed by atoms with E-state index in [1.54, 1.807) is 0 Å². The van der Waals surface area contributed by atoms with Crippen molar-refractivity contribution in [2.24, 2.45) is 0 Å². The molecule has 2 rings (SSSR count). The Hall–Kier alpha value is -1.29. The van der Waals surface area contributed by atoms with Gasteiger partial charge in [0.25, 0.3) is 0 Å². The second kappa shape index (κ2) is 3.62. The molecule has 1 aliphatic carbocycles. The first-order valence-corrected chi connectivity index (χ1v) is 4.86. The van der Waals surface area contributed by atoms with Crippen LogP contribution in [0.4, 0.5) is 0 Å². The number of hydrogen-bond donors (Lipinski definition) is 0. The molecule has 1 aliphatic rings. The average Bonchev–Trinajstić information content (AvgIpc) is 2.99. The van der Waals surface area contributed by atoms with Crippen molar-refractivity contribution in [1.29, 1.82) is 5.26 Å². The Kier molecular flexibility index (Phi) is 2.31. The van der Waals surface area contributed by atoms with E-state index in [1.807, 2.05) is 0 Å². The molecule has 0 bridgehead atoms. The molecule has 0 aliphatic heterocycles. The highest BCUT2D eigenvalue weighted by Crippen LogP contribution is 2.39. The first-order chi connectivity index (χ1) is 6.40. The molecule has 1 saturated carbocycles. The van der Waals surface area contributed by atoms with Crippen LogP contribution in [0.5, 0.6) is 0 Å². The van der Waals surface area contributed by atoms with Gasteiger partial charge in [-0.3, -0.25) is 0 Å². The highest BCUT2D eigenvalue weighted by Gasteiger charge is 2.22. The lowest BCUT2D eigenvalue weighted by molar-refractivity contribution is 1.00. The summed E-state index contributed by atoms with van der Waals surface area (Å²) in [6.07, 6.45) is 4.24. The third kappa shape index (κ3) is 2.09. The second-order valence-corrected chi connectivity index (χ2v) is 3.67. The third-order valence-corrected chi connectivity index (χ3v) is 2.55. The van der Waals surface area contributed by atoms with Crippen LogP contribution < -0.4 is 0 Å². The zero-order valence-corrected chi connectivity index (χ0v) is 7.66. The Morgan fingerprint density at radius 2 is 1.92 bits per heavy atom. The fraction of sp³-hybridized carbons (Fsp3) is 0.417. The van der Waals surface area contributed by atoms with Gasteiger partial charge in [-0.2, -0.15) is 5.26 Å². The third-order valence-electron chi connectivity index (χ3n) is 2.55. The minimum atomic E-state index is 0.628. The van der Waals surface area contributed by atoms with E-state index in [-0.39, 0.29) is 0 Å². The van der Waals surface area contributed by atoms with Gasteiger partial charge in [0.1, 0.15) is 0 Å². The van der Waals surface area contributed by atoms with Crippen LogP contribution in [0.2, 0.25) is 0 Å². The summed E-state index contributed by atoms with van der Waals surface area (Å²) in [4.78, 5) is 0. The highest BCUT2D eigenvalue weighted by molar-refractivity contribution is 5.28. The van der Waals surface area contributed by atoms with Crippen LogP contribution in [0, 0.1) is 11.3 Å². The van der Waals surface area contributed by atoms with Crippen LogP contribution in [-0.2, 0) is 6.42 Å². The summed E-state index contributed by atoms with van der Waals surface area (Å²) < 4.78 is 0. The standard InChI is InChI=1S/C12H13N/c13-9-1-2-10-3-5-11(6-4-10)12-7-8-12/h3-6,12H,1-2,7-8H2. The number of nitrogens with zero attached hydrogens (tertiary/aromatic N) is 1. The molecule has 0 radical (unpaired) electrons. The maximum Gasteiger partial charge on any atom is 0.0625 e. The molecule has 0 heterocycles. The summed E-state index contributed by atoms with van der Waals surface area (Å²) >= 11 is 0. The Labute approximate surface area is 79.0 Å². The van der Waals surface area contributed by atoms with Crippen LogP contribution in [0.15, 0.2) is 24.3 Å². The molecule has 0 unspecified atom stereocenters. The molecular formula is C12H13N. The minimum absolute atomic E-state index is 0.628. The van der Waals surface area contributed by atoms with E-state index < -0.39 is 0 Å². The van der Waals surface area contributed by atoms with Gasteiger partial charge in [-0.15, -0.1) is 0 Å². The fourth-order valence-electron chi connectivity index (χ4n) is 1.57. The van der Waals surface area contributed by atoms with Gasteiger partial charge in [-0.05, 0) is 36.3 Å². The van der Waals surface area contributed by atoms with Crippen molar-refractivity contribution in [2.45, 2.75) is 31.6 Å². The molecule has 0 atom stereocenters. The predicted molar refractivity (Wildman–Crippen MR) is 52.4 cm³/mol. The minimum Gasteiger partial charge on any atom is -0.198 e. The van der Waals surface area contributed by atoms with E-state index in [0.717, 1.165) is 12.3 Å². The topological polar surface area (TPSA) is 23.8 Å². The number of rotatable bonds is 3. The van der Waals surface area contributed by atoms with Gasteiger partial charge in [-0.1, -0.05) is 24.3 Å². The Morgan fingerprint density at radius 3 is 2.46 bits per heavy atom. The van der Waals surface area contributed by atoms with Crippen LogP contribution in [0.1, 0.15) is 36.3 Å². The van der Waals surface area contributed by atoms with Gasteiger partial charge >= 0.3 is 0 Å². The summed E-state index contributed by atoms with van der Waals surface area (Å²) in [5.41, 5.74) is 2.76.